The summed E-state index contributed by atoms with van der Waals surface area (Å²) in [5.41, 5.74) is 4.07. The maximum absolute atomic E-state index is 11.5. The predicted octanol–water partition coefficient (Wildman–Crippen LogP) is 2.57. The lowest BCUT2D eigenvalue weighted by atomic mass is 10.1. The molecule has 0 fully saturated rings. The van der Waals surface area contributed by atoms with Gasteiger partial charge in [0.2, 0.25) is 0 Å². The Morgan fingerprint density at radius 3 is 2.67 bits per heavy atom. The number of nitrogen functional groups attached to an aromatic ring is 1. The molecule has 0 aliphatic heterocycles. The minimum Gasteiger partial charge on any atom is -0.492 e. The van der Waals surface area contributed by atoms with E-state index in [1.165, 1.54) is 11.6 Å². The van der Waals surface area contributed by atoms with Crippen molar-refractivity contribution < 1.29 is 14.1 Å². The number of nitrogens with zero attached hydrogens (tertiary/aromatic N) is 1. The second-order valence-electron chi connectivity index (χ2n) is 5.13. The summed E-state index contributed by atoms with van der Waals surface area (Å²) in [5, 5.41) is 3.71. The number of nitrogens with two attached hydrogens (primary N) is 1. The topological polar surface area (TPSA) is 90.4 Å². The molecule has 0 aliphatic rings. The first-order valence-electron chi connectivity index (χ1n) is 7.51. The number of hydrogen-bond acceptors (Lipinski definition) is 5. The molecule has 24 heavy (non-hydrogen) atoms. The molecule has 0 unspecified atom stereocenters. The van der Waals surface area contributed by atoms with Crippen molar-refractivity contribution in [1.82, 2.24) is 10.6 Å². The molecule has 0 saturated carbocycles. The van der Waals surface area contributed by atoms with Crippen molar-refractivity contribution in [3.05, 3.63) is 71.9 Å². The van der Waals surface area contributed by atoms with E-state index < -0.39 is 5.91 Å². The number of ether oxygens (including phenoxy) is 1. The Hall–Kier alpha value is -3.12. The van der Waals surface area contributed by atoms with Crippen molar-refractivity contribution in [2.45, 2.75) is 6.42 Å². The number of hydrazine groups is 1. The third-order valence-corrected chi connectivity index (χ3v) is 3.52. The quantitative estimate of drug-likeness (QED) is 0.413. The van der Waals surface area contributed by atoms with Crippen LogP contribution in [0.4, 0.5) is 0 Å². The third kappa shape index (κ3) is 3.61. The minimum absolute atomic E-state index is 0.117. The standard InChI is InChI=1S/C18H17N3O3/c19-20-18(22)15-12-17(24-21-15)14-8-4-5-9-16(14)23-11-10-13-6-2-1-3-7-13/h1-9,12H,10-11,19H2,(H,20,22). The molecule has 3 N–H and O–H groups in total. The van der Waals surface area contributed by atoms with Gasteiger partial charge in [0.15, 0.2) is 11.5 Å². The van der Waals surface area contributed by atoms with E-state index in [0.717, 1.165) is 12.0 Å². The molecular weight excluding hydrogens is 306 g/mol. The highest BCUT2D eigenvalue weighted by Gasteiger charge is 2.15. The van der Waals surface area contributed by atoms with Gasteiger partial charge in [-0.25, -0.2) is 5.84 Å². The first-order valence-corrected chi connectivity index (χ1v) is 7.51. The van der Waals surface area contributed by atoms with Crippen LogP contribution >= 0.6 is 0 Å². The molecular formula is C18H17N3O3. The molecule has 0 atom stereocenters. The fourth-order valence-electron chi connectivity index (χ4n) is 2.30. The SMILES string of the molecule is NNC(=O)c1cc(-c2ccccc2OCCc2ccccc2)on1. The van der Waals surface area contributed by atoms with Gasteiger partial charge in [-0.05, 0) is 17.7 Å². The van der Waals surface area contributed by atoms with Crippen LogP contribution in [0.15, 0.2) is 65.2 Å². The lowest BCUT2D eigenvalue weighted by Crippen LogP contribution is -2.30. The van der Waals surface area contributed by atoms with Crippen molar-refractivity contribution in [1.29, 1.82) is 0 Å². The summed E-state index contributed by atoms with van der Waals surface area (Å²) in [4.78, 5) is 11.5. The molecule has 122 valence electrons. The second-order valence-corrected chi connectivity index (χ2v) is 5.13. The van der Waals surface area contributed by atoms with Crippen molar-refractivity contribution in [3.63, 3.8) is 0 Å². The summed E-state index contributed by atoms with van der Waals surface area (Å²) in [7, 11) is 0. The predicted molar refractivity (Wildman–Crippen MR) is 89.2 cm³/mol. The molecule has 6 heteroatoms. The number of nitrogens with one attached hydrogen (secondary N) is 1. The zero-order chi connectivity index (χ0) is 16.8. The van der Waals surface area contributed by atoms with E-state index in [9.17, 15) is 4.79 Å². The third-order valence-electron chi connectivity index (χ3n) is 3.52. The van der Waals surface area contributed by atoms with Crippen LogP contribution in [-0.2, 0) is 6.42 Å². The fraction of sp³-hybridized carbons (Fsp3) is 0.111. The highest BCUT2D eigenvalue weighted by Crippen LogP contribution is 2.30. The Kier molecular flexibility index (Phi) is 4.88. The Morgan fingerprint density at radius 2 is 1.88 bits per heavy atom. The zero-order valence-corrected chi connectivity index (χ0v) is 12.9. The van der Waals surface area contributed by atoms with Crippen LogP contribution in [0.1, 0.15) is 16.1 Å². The highest BCUT2D eigenvalue weighted by molar-refractivity contribution is 5.92. The molecule has 0 radical (unpaired) electrons. The second kappa shape index (κ2) is 7.43. The first kappa shape index (κ1) is 15.8. The summed E-state index contributed by atoms with van der Waals surface area (Å²) in [5.74, 6) is 5.71. The highest BCUT2D eigenvalue weighted by atomic mass is 16.5. The van der Waals surface area contributed by atoms with Crippen LogP contribution in [0.2, 0.25) is 0 Å². The first-order chi connectivity index (χ1) is 11.8. The molecule has 6 nitrogen and oxygen atoms in total. The number of para-hydroxylation sites is 1. The van der Waals surface area contributed by atoms with Gasteiger partial charge in [0.05, 0.1) is 12.2 Å². The Balaban J connectivity index is 1.73. The lowest BCUT2D eigenvalue weighted by Gasteiger charge is -2.09. The van der Waals surface area contributed by atoms with Gasteiger partial charge in [0, 0.05) is 12.5 Å². The van der Waals surface area contributed by atoms with E-state index in [4.69, 9.17) is 15.1 Å². The van der Waals surface area contributed by atoms with Crippen LogP contribution in [0.3, 0.4) is 0 Å². The number of rotatable bonds is 6. The van der Waals surface area contributed by atoms with E-state index >= 15 is 0 Å². The fourth-order valence-corrected chi connectivity index (χ4v) is 2.30. The Labute approximate surface area is 139 Å². The zero-order valence-electron chi connectivity index (χ0n) is 12.9. The molecule has 3 aromatic rings. The summed E-state index contributed by atoms with van der Waals surface area (Å²) in [6, 6.07) is 19.1. The van der Waals surface area contributed by atoms with Gasteiger partial charge in [-0.1, -0.05) is 47.6 Å². The van der Waals surface area contributed by atoms with E-state index in [2.05, 4.69) is 17.3 Å². The number of carbonyl (C=O) groups is 1. The van der Waals surface area contributed by atoms with Gasteiger partial charge in [-0.2, -0.15) is 0 Å². The number of carbonyl (C=O) groups excluding carboxylic acids is 1. The molecule has 0 spiro atoms. The van der Waals surface area contributed by atoms with E-state index in [1.54, 1.807) is 0 Å². The average Bonchev–Trinajstić information content (AvgIpc) is 3.12. The van der Waals surface area contributed by atoms with Gasteiger partial charge in [0.25, 0.3) is 5.91 Å². The Bertz CT molecular complexity index is 815. The molecule has 1 aromatic heterocycles. The van der Waals surface area contributed by atoms with Crippen LogP contribution in [0, 0.1) is 0 Å². The van der Waals surface area contributed by atoms with E-state index in [-0.39, 0.29) is 5.69 Å². The molecule has 0 bridgehead atoms. The maximum atomic E-state index is 11.5. The van der Waals surface area contributed by atoms with Crippen molar-refractivity contribution in [2.75, 3.05) is 6.61 Å². The van der Waals surface area contributed by atoms with Gasteiger partial charge in [-0.15, -0.1) is 0 Å². The minimum atomic E-state index is -0.507. The average molecular weight is 323 g/mol. The van der Waals surface area contributed by atoms with Gasteiger partial charge in [-0.3, -0.25) is 10.2 Å². The van der Waals surface area contributed by atoms with Crippen LogP contribution in [-0.4, -0.2) is 17.7 Å². The monoisotopic (exact) mass is 323 g/mol. The largest absolute Gasteiger partial charge is 0.492 e. The van der Waals surface area contributed by atoms with Gasteiger partial charge in [0.1, 0.15) is 5.75 Å². The number of aromatic nitrogens is 1. The summed E-state index contributed by atoms with van der Waals surface area (Å²) >= 11 is 0. The van der Waals surface area contributed by atoms with Crippen LogP contribution < -0.4 is 16.0 Å². The van der Waals surface area contributed by atoms with E-state index in [1.807, 2.05) is 47.9 Å². The molecule has 1 heterocycles. The number of amides is 1. The summed E-state index contributed by atoms with van der Waals surface area (Å²) < 4.78 is 11.1. The maximum Gasteiger partial charge on any atom is 0.287 e. The van der Waals surface area contributed by atoms with Gasteiger partial charge < -0.3 is 9.26 Å². The molecule has 1 amide bonds. The Morgan fingerprint density at radius 1 is 1.12 bits per heavy atom. The van der Waals surface area contributed by atoms with Crippen molar-refractivity contribution in [3.8, 4) is 17.1 Å². The molecule has 3 rings (SSSR count). The molecule has 0 aliphatic carbocycles. The molecule has 0 saturated heterocycles. The van der Waals surface area contributed by atoms with E-state index in [0.29, 0.717) is 18.1 Å². The lowest BCUT2D eigenvalue weighted by molar-refractivity contribution is 0.0944. The number of benzene rings is 2. The van der Waals surface area contributed by atoms with Crippen molar-refractivity contribution in [2.24, 2.45) is 5.84 Å². The van der Waals surface area contributed by atoms with Crippen LogP contribution in [0.25, 0.3) is 11.3 Å². The summed E-state index contributed by atoms with van der Waals surface area (Å²) in [6.45, 7) is 0.533. The van der Waals surface area contributed by atoms with Crippen molar-refractivity contribution >= 4 is 5.91 Å². The van der Waals surface area contributed by atoms with Gasteiger partial charge >= 0.3 is 0 Å². The molecule has 2 aromatic carbocycles. The van der Waals surface area contributed by atoms with Crippen LogP contribution in [0.5, 0.6) is 5.75 Å². The number of hydrogen-bond donors (Lipinski definition) is 2. The smallest absolute Gasteiger partial charge is 0.287 e. The summed E-state index contributed by atoms with van der Waals surface area (Å²) in [6.07, 6.45) is 0.798. The normalized spacial score (nSPS) is 10.4.